The molecule has 0 N–H and O–H groups in total. The third-order valence-electron chi connectivity index (χ3n) is 6.24. The summed E-state index contributed by atoms with van der Waals surface area (Å²) in [6.07, 6.45) is 2.69. The largest absolute Gasteiger partial charge is 0.454 e. The second-order valence-electron chi connectivity index (χ2n) is 7.96. The molecule has 4 aliphatic heterocycles. The Morgan fingerprint density at radius 2 is 1.86 bits per heavy atom. The van der Waals surface area contributed by atoms with Gasteiger partial charge in [0.15, 0.2) is 11.5 Å². The van der Waals surface area contributed by atoms with Crippen molar-refractivity contribution in [3.05, 3.63) is 54.1 Å². The zero-order chi connectivity index (χ0) is 19.6. The average molecular weight is 394 g/mol. The molecule has 3 fully saturated rings. The van der Waals surface area contributed by atoms with E-state index in [1.807, 2.05) is 53.4 Å². The molecule has 0 spiro atoms. The second kappa shape index (κ2) is 7.95. The Morgan fingerprint density at radius 1 is 1.07 bits per heavy atom. The number of hydrogen-bond donors (Lipinski definition) is 0. The van der Waals surface area contributed by atoms with Gasteiger partial charge in [-0.25, -0.2) is 4.79 Å². The summed E-state index contributed by atoms with van der Waals surface area (Å²) in [5, 5.41) is 0. The van der Waals surface area contributed by atoms with E-state index in [-0.39, 0.29) is 18.9 Å². The molecule has 29 heavy (non-hydrogen) atoms. The van der Waals surface area contributed by atoms with Crippen molar-refractivity contribution in [2.45, 2.75) is 25.3 Å². The molecule has 4 heterocycles. The third kappa shape index (κ3) is 3.77. The summed E-state index contributed by atoms with van der Waals surface area (Å²) in [6, 6.07) is 16.0. The second-order valence-corrected chi connectivity index (χ2v) is 7.96. The lowest BCUT2D eigenvalue weighted by Gasteiger charge is -2.48. The smallest absolute Gasteiger partial charge is 0.414 e. The molecule has 1 unspecified atom stereocenters. The third-order valence-corrected chi connectivity index (χ3v) is 6.24. The molecule has 4 aliphatic rings. The minimum absolute atomic E-state index is 0.179. The normalized spacial score (nSPS) is 24.3. The van der Waals surface area contributed by atoms with E-state index in [4.69, 9.17) is 14.2 Å². The van der Waals surface area contributed by atoms with Gasteiger partial charge in [0.2, 0.25) is 6.79 Å². The first-order valence-corrected chi connectivity index (χ1v) is 10.4. The number of rotatable bonds is 5. The predicted octanol–water partition coefficient (Wildman–Crippen LogP) is 3.70. The summed E-state index contributed by atoms with van der Waals surface area (Å²) in [7, 11) is 0. The zero-order valence-corrected chi connectivity index (χ0v) is 16.5. The van der Waals surface area contributed by atoms with Crippen LogP contribution in [-0.2, 0) is 11.2 Å². The Kier molecular flexibility index (Phi) is 5.02. The van der Waals surface area contributed by atoms with E-state index in [1.54, 1.807) is 0 Å². The van der Waals surface area contributed by atoms with Crippen LogP contribution in [0.25, 0.3) is 0 Å². The number of ether oxygens (including phenoxy) is 3. The van der Waals surface area contributed by atoms with Gasteiger partial charge in [-0.05, 0) is 61.7 Å². The lowest BCUT2D eigenvalue weighted by atomic mass is 9.83. The van der Waals surface area contributed by atoms with E-state index in [0.717, 1.165) is 55.2 Å². The maximum Gasteiger partial charge on any atom is 0.414 e. The van der Waals surface area contributed by atoms with Crippen molar-refractivity contribution in [1.29, 1.82) is 0 Å². The van der Waals surface area contributed by atoms with Gasteiger partial charge in [0.25, 0.3) is 0 Å². The highest BCUT2D eigenvalue weighted by Gasteiger charge is 2.40. The highest BCUT2D eigenvalue weighted by atomic mass is 16.7. The van der Waals surface area contributed by atoms with E-state index in [9.17, 15) is 4.79 Å². The molecule has 2 aromatic rings. The maximum atomic E-state index is 13.1. The summed E-state index contributed by atoms with van der Waals surface area (Å²) < 4.78 is 16.5. The zero-order valence-electron chi connectivity index (χ0n) is 16.5. The average Bonchev–Trinajstić information content (AvgIpc) is 3.24. The monoisotopic (exact) mass is 394 g/mol. The van der Waals surface area contributed by atoms with Crippen LogP contribution in [0.3, 0.4) is 0 Å². The van der Waals surface area contributed by atoms with E-state index in [0.29, 0.717) is 18.9 Å². The van der Waals surface area contributed by atoms with Crippen LogP contribution in [0.5, 0.6) is 11.5 Å². The molecule has 0 saturated carbocycles. The summed E-state index contributed by atoms with van der Waals surface area (Å²) in [5.41, 5.74) is 1.98. The van der Waals surface area contributed by atoms with Gasteiger partial charge >= 0.3 is 6.09 Å². The van der Waals surface area contributed by atoms with Gasteiger partial charge < -0.3 is 19.1 Å². The first-order chi connectivity index (χ1) is 14.3. The van der Waals surface area contributed by atoms with Crippen molar-refractivity contribution in [3.8, 4) is 11.5 Å². The Labute approximate surface area is 171 Å². The van der Waals surface area contributed by atoms with Crippen LogP contribution < -0.4 is 14.4 Å². The number of carbonyl (C=O) groups is 1. The number of fused-ring (bicyclic) bond motifs is 4. The first kappa shape index (κ1) is 18.3. The number of piperidine rings is 3. The highest BCUT2D eigenvalue weighted by molar-refractivity contribution is 5.88. The molecule has 1 amide bonds. The first-order valence-electron chi connectivity index (χ1n) is 10.4. The fourth-order valence-electron chi connectivity index (χ4n) is 4.67. The SMILES string of the molecule is O=C(OCCc1ccc2c(c1)OCO2)N(c1ccccc1)C1CN2CCC1CC2. The molecule has 2 bridgehead atoms. The lowest BCUT2D eigenvalue weighted by Crippen LogP contribution is -2.59. The molecule has 6 rings (SSSR count). The molecule has 0 aliphatic carbocycles. The van der Waals surface area contributed by atoms with Gasteiger partial charge in [-0.1, -0.05) is 24.3 Å². The molecular formula is C23H26N2O4. The molecule has 152 valence electrons. The van der Waals surface area contributed by atoms with Crippen molar-refractivity contribution in [1.82, 2.24) is 4.90 Å². The lowest BCUT2D eigenvalue weighted by molar-refractivity contribution is 0.0791. The van der Waals surface area contributed by atoms with Gasteiger partial charge in [-0.2, -0.15) is 0 Å². The summed E-state index contributed by atoms with van der Waals surface area (Å²) >= 11 is 0. The van der Waals surface area contributed by atoms with E-state index < -0.39 is 0 Å². The number of anilines is 1. The van der Waals surface area contributed by atoms with E-state index >= 15 is 0 Å². The van der Waals surface area contributed by atoms with Gasteiger partial charge in [-0.3, -0.25) is 4.90 Å². The minimum atomic E-state index is -0.254. The van der Waals surface area contributed by atoms with Crippen LogP contribution in [0.1, 0.15) is 18.4 Å². The summed E-state index contributed by atoms with van der Waals surface area (Å²) in [6.45, 7) is 3.81. The van der Waals surface area contributed by atoms with Crippen LogP contribution in [0.2, 0.25) is 0 Å². The summed E-state index contributed by atoms with van der Waals surface area (Å²) in [4.78, 5) is 17.5. The number of amides is 1. The van der Waals surface area contributed by atoms with Crippen molar-refractivity contribution in [3.63, 3.8) is 0 Å². The van der Waals surface area contributed by atoms with E-state index in [1.165, 1.54) is 0 Å². The molecule has 0 aromatic heterocycles. The molecular weight excluding hydrogens is 368 g/mol. The maximum absolute atomic E-state index is 13.1. The number of hydrogen-bond acceptors (Lipinski definition) is 5. The number of carbonyl (C=O) groups excluding carboxylic acids is 1. The Morgan fingerprint density at radius 3 is 2.62 bits per heavy atom. The number of benzene rings is 2. The fourth-order valence-corrected chi connectivity index (χ4v) is 4.67. The van der Waals surface area contributed by atoms with Crippen LogP contribution in [0.15, 0.2) is 48.5 Å². The van der Waals surface area contributed by atoms with Gasteiger partial charge in [-0.15, -0.1) is 0 Å². The molecule has 1 atom stereocenters. The van der Waals surface area contributed by atoms with Crippen molar-refractivity contribution >= 4 is 11.8 Å². The Bertz CT molecular complexity index is 864. The van der Waals surface area contributed by atoms with Crippen LogP contribution in [0.4, 0.5) is 10.5 Å². The quantitative estimate of drug-likeness (QED) is 0.774. The number of nitrogens with zero attached hydrogens (tertiary/aromatic N) is 2. The Balaban J connectivity index is 1.27. The van der Waals surface area contributed by atoms with Crippen LogP contribution in [0, 0.1) is 5.92 Å². The highest BCUT2D eigenvalue weighted by Crippen LogP contribution is 2.34. The molecule has 3 saturated heterocycles. The molecule has 6 heteroatoms. The van der Waals surface area contributed by atoms with Gasteiger partial charge in [0.05, 0.1) is 12.6 Å². The van der Waals surface area contributed by atoms with Crippen molar-refractivity contribution in [2.75, 3.05) is 37.9 Å². The van der Waals surface area contributed by atoms with Crippen LogP contribution in [-0.4, -0.2) is 50.1 Å². The predicted molar refractivity (Wildman–Crippen MR) is 109 cm³/mol. The minimum Gasteiger partial charge on any atom is -0.454 e. The van der Waals surface area contributed by atoms with Crippen molar-refractivity contribution < 1.29 is 19.0 Å². The van der Waals surface area contributed by atoms with Crippen LogP contribution >= 0.6 is 0 Å². The van der Waals surface area contributed by atoms with Gasteiger partial charge in [0, 0.05) is 18.7 Å². The number of para-hydroxylation sites is 1. The fraction of sp³-hybridized carbons (Fsp3) is 0.435. The Hall–Kier alpha value is -2.73. The standard InChI is InChI=1S/C23H26N2O4/c26-23(27-13-10-17-6-7-21-22(14-17)29-16-28-21)25(19-4-2-1-3-5-19)20-15-24-11-8-18(20)9-12-24/h1-7,14,18,20H,8-13,15-16H2. The summed E-state index contributed by atoms with van der Waals surface area (Å²) in [5.74, 6) is 2.07. The topological polar surface area (TPSA) is 51.2 Å². The van der Waals surface area contributed by atoms with Crippen molar-refractivity contribution in [2.24, 2.45) is 5.92 Å². The molecule has 0 radical (unpaired) electrons. The van der Waals surface area contributed by atoms with E-state index in [2.05, 4.69) is 4.90 Å². The molecule has 6 nitrogen and oxygen atoms in total. The van der Waals surface area contributed by atoms with Gasteiger partial charge in [0.1, 0.15) is 0 Å². The molecule has 2 aromatic carbocycles.